The summed E-state index contributed by atoms with van der Waals surface area (Å²) in [4.78, 5) is 12.3. The van der Waals surface area contributed by atoms with Gasteiger partial charge in [-0.2, -0.15) is 0 Å². The minimum absolute atomic E-state index is 0.136. The van der Waals surface area contributed by atoms with E-state index in [4.69, 9.17) is 9.47 Å². The number of esters is 1. The second-order valence-corrected chi connectivity index (χ2v) is 6.08. The van der Waals surface area contributed by atoms with Crippen molar-refractivity contribution in [2.45, 2.75) is 48.0 Å². The van der Waals surface area contributed by atoms with Gasteiger partial charge in [-0.05, 0) is 24.7 Å². The van der Waals surface area contributed by atoms with Crippen molar-refractivity contribution in [2.24, 2.45) is 16.7 Å². The lowest BCUT2D eigenvalue weighted by Crippen LogP contribution is -2.48. The van der Waals surface area contributed by atoms with Gasteiger partial charge in [-0.3, -0.25) is 4.79 Å². The van der Waals surface area contributed by atoms with Crippen LogP contribution in [0.4, 0.5) is 0 Å². The first-order valence-electron chi connectivity index (χ1n) is 6.37. The van der Waals surface area contributed by atoms with Crippen molar-refractivity contribution in [2.75, 3.05) is 20.3 Å². The summed E-state index contributed by atoms with van der Waals surface area (Å²) in [6, 6.07) is 0. The molecule has 1 atom stereocenters. The van der Waals surface area contributed by atoms with Crippen LogP contribution >= 0.6 is 0 Å². The van der Waals surface area contributed by atoms with Crippen LogP contribution in [-0.2, 0) is 14.3 Å². The molecule has 3 heteroatoms. The zero-order valence-corrected chi connectivity index (χ0v) is 12.4. The van der Waals surface area contributed by atoms with E-state index in [0.29, 0.717) is 19.1 Å². The molecule has 0 saturated heterocycles. The van der Waals surface area contributed by atoms with Gasteiger partial charge in [0.2, 0.25) is 0 Å². The topological polar surface area (TPSA) is 35.5 Å². The predicted molar refractivity (Wildman–Crippen MR) is 69.9 cm³/mol. The van der Waals surface area contributed by atoms with E-state index in [-0.39, 0.29) is 11.4 Å². The maximum Gasteiger partial charge on any atom is 0.314 e. The van der Waals surface area contributed by atoms with Crippen molar-refractivity contribution in [3.63, 3.8) is 0 Å². The van der Waals surface area contributed by atoms with E-state index in [0.717, 1.165) is 6.42 Å². The Hall–Kier alpha value is -0.570. The Bertz CT molecular complexity index is 240. The van der Waals surface area contributed by atoms with Crippen LogP contribution in [0.25, 0.3) is 0 Å². The first kappa shape index (κ1) is 16.4. The summed E-state index contributed by atoms with van der Waals surface area (Å²) in [5.41, 5.74) is -0.745. The molecule has 0 spiro atoms. The lowest BCUT2D eigenvalue weighted by atomic mass is 9.63. The van der Waals surface area contributed by atoms with Gasteiger partial charge in [-0.15, -0.1) is 0 Å². The molecule has 0 aliphatic carbocycles. The predicted octanol–water partition coefficient (Wildman–Crippen LogP) is 3.27. The molecule has 0 bridgehead atoms. The number of carbonyl (C=O) groups is 1. The lowest BCUT2D eigenvalue weighted by Gasteiger charge is -2.43. The molecule has 0 aliphatic heterocycles. The molecule has 0 amide bonds. The molecule has 0 fully saturated rings. The Morgan fingerprint density at radius 1 is 1.24 bits per heavy atom. The van der Waals surface area contributed by atoms with E-state index < -0.39 is 5.41 Å². The van der Waals surface area contributed by atoms with Gasteiger partial charge in [-0.25, -0.2) is 0 Å². The van der Waals surface area contributed by atoms with Crippen LogP contribution in [0.3, 0.4) is 0 Å². The number of hydrogen-bond donors (Lipinski definition) is 0. The van der Waals surface area contributed by atoms with Crippen LogP contribution in [0, 0.1) is 16.7 Å². The first-order valence-corrected chi connectivity index (χ1v) is 6.37. The van der Waals surface area contributed by atoms with Gasteiger partial charge in [0, 0.05) is 7.11 Å². The largest absolute Gasteiger partial charge is 0.465 e. The quantitative estimate of drug-likeness (QED) is 0.673. The fraction of sp³-hybridized carbons (Fsp3) is 0.929. The maximum atomic E-state index is 12.3. The van der Waals surface area contributed by atoms with Gasteiger partial charge in [0.25, 0.3) is 0 Å². The average Bonchev–Trinajstić information content (AvgIpc) is 2.14. The molecule has 102 valence electrons. The summed E-state index contributed by atoms with van der Waals surface area (Å²) in [6.45, 7) is 13.1. The van der Waals surface area contributed by atoms with Gasteiger partial charge in [0.05, 0.1) is 18.6 Å². The second-order valence-electron chi connectivity index (χ2n) is 6.08. The SMILES string of the molecule is CCOC(=O)C(COC)(CC(C)C)C(C)(C)C. The summed E-state index contributed by atoms with van der Waals surface area (Å²) < 4.78 is 10.6. The van der Waals surface area contributed by atoms with Crippen LogP contribution in [0.2, 0.25) is 0 Å². The summed E-state index contributed by atoms with van der Waals surface area (Å²) in [6.07, 6.45) is 0.781. The Kier molecular flexibility index (Phi) is 6.17. The minimum atomic E-state index is -0.564. The van der Waals surface area contributed by atoms with Crippen molar-refractivity contribution in [3.8, 4) is 0 Å². The Morgan fingerprint density at radius 2 is 1.76 bits per heavy atom. The van der Waals surface area contributed by atoms with Crippen LogP contribution in [0.1, 0.15) is 48.0 Å². The van der Waals surface area contributed by atoms with Crippen molar-refractivity contribution in [3.05, 3.63) is 0 Å². The van der Waals surface area contributed by atoms with Crippen LogP contribution in [0.15, 0.2) is 0 Å². The van der Waals surface area contributed by atoms with E-state index in [9.17, 15) is 4.79 Å². The molecular weight excluding hydrogens is 216 g/mol. The van der Waals surface area contributed by atoms with Gasteiger partial charge >= 0.3 is 5.97 Å². The smallest absolute Gasteiger partial charge is 0.314 e. The highest BCUT2D eigenvalue weighted by Crippen LogP contribution is 2.45. The number of hydrogen-bond acceptors (Lipinski definition) is 3. The van der Waals surface area contributed by atoms with Crippen LogP contribution < -0.4 is 0 Å². The molecule has 0 radical (unpaired) electrons. The molecule has 3 nitrogen and oxygen atoms in total. The fourth-order valence-electron chi connectivity index (χ4n) is 2.24. The third kappa shape index (κ3) is 3.98. The van der Waals surface area contributed by atoms with Gasteiger partial charge in [-0.1, -0.05) is 34.6 Å². The standard InChI is InChI=1S/C14H28O3/c1-8-17-12(15)14(10-16-7,9-11(2)3)13(4,5)6/h11H,8-10H2,1-7H3. The van der Waals surface area contributed by atoms with Gasteiger partial charge in [0.1, 0.15) is 0 Å². The van der Waals surface area contributed by atoms with Crippen molar-refractivity contribution < 1.29 is 14.3 Å². The Morgan fingerprint density at radius 3 is 2.06 bits per heavy atom. The highest BCUT2D eigenvalue weighted by atomic mass is 16.5. The van der Waals surface area contributed by atoms with Gasteiger partial charge in [0.15, 0.2) is 0 Å². The van der Waals surface area contributed by atoms with E-state index in [2.05, 4.69) is 34.6 Å². The highest BCUT2D eigenvalue weighted by Gasteiger charge is 2.50. The summed E-state index contributed by atoms with van der Waals surface area (Å²) in [5.74, 6) is 0.289. The Balaban J connectivity index is 5.31. The van der Waals surface area contributed by atoms with Crippen LogP contribution in [0.5, 0.6) is 0 Å². The molecule has 0 aromatic rings. The number of methoxy groups -OCH3 is 1. The molecular formula is C14H28O3. The zero-order valence-electron chi connectivity index (χ0n) is 12.4. The van der Waals surface area contributed by atoms with Crippen molar-refractivity contribution >= 4 is 5.97 Å². The van der Waals surface area contributed by atoms with Crippen molar-refractivity contribution in [1.82, 2.24) is 0 Å². The number of rotatable bonds is 6. The second kappa shape index (κ2) is 6.39. The third-order valence-electron chi connectivity index (χ3n) is 3.25. The summed E-state index contributed by atoms with van der Waals surface area (Å²) >= 11 is 0. The minimum Gasteiger partial charge on any atom is -0.465 e. The molecule has 0 heterocycles. The number of ether oxygens (including phenoxy) is 2. The Labute approximate surface area is 106 Å². The molecule has 1 unspecified atom stereocenters. The normalized spacial score (nSPS) is 15.8. The van der Waals surface area contributed by atoms with E-state index in [1.54, 1.807) is 7.11 Å². The lowest BCUT2D eigenvalue weighted by molar-refractivity contribution is -0.170. The molecule has 0 rings (SSSR count). The van der Waals surface area contributed by atoms with Crippen LogP contribution in [-0.4, -0.2) is 26.3 Å². The summed E-state index contributed by atoms with van der Waals surface area (Å²) in [5, 5.41) is 0. The molecule has 0 aromatic heterocycles. The highest BCUT2D eigenvalue weighted by molar-refractivity contribution is 5.78. The average molecular weight is 244 g/mol. The molecule has 0 saturated carbocycles. The van der Waals surface area contributed by atoms with Crippen molar-refractivity contribution in [1.29, 1.82) is 0 Å². The monoisotopic (exact) mass is 244 g/mol. The molecule has 0 N–H and O–H groups in total. The first-order chi connectivity index (χ1) is 7.71. The molecule has 17 heavy (non-hydrogen) atoms. The number of carbonyl (C=O) groups excluding carboxylic acids is 1. The maximum absolute atomic E-state index is 12.3. The van der Waals surface area contributed by atoms with E-state index in [1.807, 2.05) is 6.92 Å². The third-order valence-corrected chi connectivity index (χ3v) is 3.25. The van der Waals surface area contributed by atoms with Gasteiger partial charge < -0.3 is 9.47 Å². The van der Waals surface area contributed by atoms with E-state index in [1.165, 1.54) is 0 Å². The zero-order chi connectivity index (χ0) is 13.7. The fourth-order valence-corrected chi connectivity index (χ4v) is 2.24. The van der Waals surface area contributed by atoms with E-state index >= 15 is 0 Å². The summed E-state index contributed by atoms with van der Waals surface area (Å²) in [7, 11) is 1.64. The molecule has 0 aromatic carbocycles. The molecule has 0 aliphatic rings.